The van der Waals surface area contributed by atoms with Gasteiger partial charge in [-0.2, -0.15) is 0 Å². The van der Waals surface area contributed by atoms with Gasteiger partial charge in [-0.25, -0.2) is 4.79 Å². The van der Waals surface area contributed by atoms with Crippen molar-refractivity contribution in [2.75, 3.05) is 14.2 Å². The molecule has 0 amide bonds. The second-order valence-corrected chi connectivity index (χ2v) is 14.6. The molecule has 0 aliphatic rings. The first-order chi connectivity index (χ1) is 18.4. The zero-order valence-electron chi connectivity index (χ0n) is 25.7. The molecule has 0 bridgehead atoms. The van der Waals surface area contributed by atoms with Crippen LogP contribution in [0.15, 0.2) is 54.6 Å². The van der Waals surface area contributed by atoms with Crippen molar-refractivity contribution >= 4 is 24.4 Å². The number of hydrogen-bond acceptors (Lipinski definition) is 5. The van der Waals surface area contributed by atoms with Gasteiger partial charge in [-0.15, -0.1) is 0 Å². The Hall–Kier alpha value is -3.30. The number of ketones is 1. The Labute approximate surface area is 240 Å². The Morgan fingerprint density at radius 2 is 1.15 bits per heavy atom. The molecule has 3 aromatic carbocycles. The van der Waals surface area contributed by atoms with Crippen LogP contribution in [0.4, 0.5) is 0 Å². The SMILES string of the molecule is COc1cccc(OC)c1C(=O)[P+](=O)c1c(C(C)(C)C)cc(C(C)(C)C)c(C(=O)c2ccccc2)c1C(C)(C)C. The second kappa shape index (κ2) is 11.3. The molecule has 40 heavy (non-hydrogen) atoms. The topological polar surface area (TPSA) is 69.7 Å². The maximum Gasteiger partial charge on any atom is 0.459 e. The lowest BCUT2D eigenvalue weighted by Crippen LogP contribution is -2.35. The van der Waals surface area contributed by atoms with E-state index in [2.05, 4.69) is 20.8 Å². The van der Waals surface area contributed by atoms with Gasteiger partial charge in [0.2, 0.25) is 5.30 Å². The van der Waals surface area contributed by atoms with E-state index >= 15 is 0 Å². The minimum absolute atomic E-state index is 0.129. The van der Waals surface area contributed by atoms with Gasteiger partial charge >= 0.3 is 13.3 Å². The molecule has 0 heterocycles. The van der Waals surface area contributed by atoms with E-state index in [1.54, 1.807) is 30.3 Å². The van der Waals surface area contributed by atoms with Crippen LogP contribution in [0.2, 0.25) is 0 Å². The summed E-state index contributed by atoms with van der Waals surface area (Å²) in [6.45, 7) is 18.4. The highest BCUT2D eigenvalue weighted by Crippen LogP contribution is 2.45. The van der Waals surface area contributed by atoms with E-state index in [4.69, 9.17) is 9.47 Å². The Bertz CT molecular complexity index is 1430. The summed E-state index contributed by atoms with van der Waals surface area (Å²) in [6, 6.07) is 16.2. The van der Waals surface area contributed by atoms with Crippen molar-refractivity contribution in [3.05, 3.63) is 88.0 Å². The molecule has 212 valence electrons. The lowest BCUT2D eigenvalue weighted by atomic mass is 9.70. The summed E-state index contributed by atoms with van der Waals surface area (Å²) in [5.74, 6) is 0.423. The zero-order valence-corrected chi connectivity index (χ0v) is 26.6. The summed E-state index contributed by atoms with van der Waals surface area (Å²) in [4.78, 5) is 28.5. The molecule has 0 saturated carbocycles. The van der Waals surface area contributed by atoms with Gasteiger partial charge < -0.3 is 9.47 Å². The highest BCUT2D eigenvalue weighted by Gasteiger charge is 2.47. The number of carbonyl (C=O) groups is 2. The third kappa shape index (κ3) is 6.05. The normalized spacial score (nSPS) is 12.6. The lowest BCUT2D eigenvalue weighted by Gasteiger charge is -2.33. The van der Waals surface area contributed by atoms with Crippen LogP contribution in [0, 0.1) is 0 Å². The average molecular weight is 562 g/mol. The smallest absolute Gasteiger partial charge is 0.459 e. The minimum Gasteiger partial charge on any atom is -0.496 e. The van der Waals surface area contributed by atoms with Crippen molar-refractivity contribution in [3.63, 3.8) is 0 Å². The van der Waals surface area contributed by atoms with Crippen molar-refractivity contribution in [1.82, 2.24) is 0 Å². The Kier molecular flexibility index (Phi) is 8.82. The molecule has 0 aliphatic carbocycles. The van der Waals surface area contributed by atoms with Crippen molar-refractivity contribution in [2.24, 2.45) is 0 Å². The Morgan fingerprint density at radius 3 is 1.57 bits per heavy atom. The van der Waals surface area contributed by atoms with Crippen LogP contribution in [0.3, 0.4) is 0 Å². The summed E-state index contributed by atoms with van der Waals surface area (Å²) < 4.78 is 25.6. The summed E-state index contributed by atoms with van der Waals surface area (Å²) in [5.41, 5.74) is 1.39. The molecule has 0 fully saturated rings. The Morgan fingerprint density at radius 1 is 0.650 bits per heavy atom. The van der Waals surface area contributed by atoms with Crippen LogP contribution in [-0.2, 0) is 20.8 Å². The van der Waals surface area contributed by atoms with Gasteiger partial charge in [0.05, 0.1) is 14.2 Å². The van der Waals surface area contributed by atoms with Crippen LogP contribution in [0.1, 0.15) is 105 Å². The van der Waals surface area contributed by atoms with Gasteiger partial charge in [-0.05, 0) is 40.0 Å². The third-order valence-electron chi connectivity index (χ3n) is 6.96. The summed E-state index contributed by atoms with van der Waals surface area (Å²) in [5, 5.41) is 0.417. The van der Waals surface area contributed by atoms with E-state index in [9.17, 15) is 14.2 Å². The molecule has 3 rings (SSSR count). The second-order valence-electron chi connectivity index (χ2n) is 13.2. The standard InChI is InChI=1S/C34H42O5P/c1-32(2,3)22-20-23(33(4,5)6)30(40(37)31(36)27-24(38-10)18-15-19-25(27)39-11)28(34(7,8)9)26(22)29(35)21-16-13-12-14-17-21/h12-20H,1-11H3/q+1. The predicted molar refractivity (Wildman–Crippen MR) is 164 cm³/mol. The van der Waals surface area contributed by atoms with Gasteiger partial charge in [0.15, 0.2) is 11.3 Å². The first kappa shape index (κ1) is 31.2. The number of hydrogen-bond donors (Lipinski definition) is 0. The van der Waals surface area contributed by atoms with Crippen LogP contribution in [0.5, 0.6) is 11.5 Å². The quantitative estimate of drug-likeness (QED) is 0.215. The largest absolute Gasteiger partial charge is 0.496 e. The molecule has 0 aliphatic heterocycles. The van der Waals surface area contributed by atoms with Crippen LogP contribution >= 0.6 is 7.80 Å². The fourth-order valence-electron chi connectivity index (χ4n) is 5.01. The van der Waals surface area contributed by atoms with E-state index in [1.165, 1.54) is 14.2 Å². The van der Waals surface area contributed by atoms with E-state index in [-0.39, 0.29) is 22.8 Å². The highest BCUT2D eigenvalue weighted by molar-refractivity contribution is 7.71. The third-order valence-corrected chi connectivity index (χ3v) is 8.42. The molecular weight excluding hydrogens is 519 g/mol. The Balaban J connectivity index is 2.55. The van der Waals surface area contributed by atoms with Gasteiger partial charge in [-0.3, -0.25) is 4.79 Å². The average Bonchev–Trinajstić information content (AvgIpc) is 2.88. The molecule has 0 saturated heterocycles. The fourth-order valence-corrected chi connectivity index (χ4v) is 6.91. The molecule has 3 aromatic rings. The highest BCUT2D eigenvalue weighted by atomic mass is 31.1. The minimum atomic E-state index is -2.69. The monoisotopic (exact) mass is 561 g/mol. The van der Waals surface area contributed by atoms with Crippen LogP contribution < -0.4 is 14.8 Å². The number of benzene rings is 3. The molecule has 0 aromatic heterocycles. The fraction of sp³-hybridized carbons (Fsp3) is 0.412. The van der Waals surface area contributed by atoms with Crippen LogP contribution in [0.25, 0.3) is 0 Å². The van der Waals surface area contributed by atoms with Crippen molar-refractivity contribution in [1.29, 1.82) is 0 Å². The van der Waals surface area contributed by atoms with E-state index < -0.39 is 29.6 Å². The molecule has 0 spiro atoms. The van der Waals surface area contributed by atoms with Gasteiger partial charge in [0.25, 0.3) is 0 Å². The van der Waals surface area contributed by atoms with E-state index in [1.807, 2.05) is 65.8 Å². The maximum atomic E-state index is 14.7. The van der Waals surface area contributed by atoms with Crippen molar-refractivity contribution in [2.45, 2.75) is 78.6 Å². The zero-order chi connectivity index (χ0) is 30.2. The summed E-state index contributed by atoms with van der Waals surface area (Å²) >= 11 is 0. The number of ether oxygens (including phenoxy) is 2. The lowest BCUT2D eigenvalue weighted by molar-refractivity contribution is 0.103. The van der Waals surface area contributed by atoms with Crippen molar-refractivity contribution in [3.8, 4) is 11.5 Å². The summed E-state index contributed by atoms with van der Waals surface area (Å²) in [7, 11) is 0.247. The van der Waals surface area contributed by atoms with Gasteiger partial charge in [0.1, 0.15) is 11.5 Å². The summed E-state index contributed by atoms with van der Waals surface area (Å²) in [6.07, 6.45) is 0. The first-order valence-electron chi connectivity index (χ1n) is 13.5. The number of methoxy groups -OCH3 is 2. The van der Waals surface area contributed by atoms with E-state index in [0.29, 0.717) is 22.0 Å². The molecule has 1 unspecified atom stereocenters. The van der Waals surface area contributed by atoms with Gasteiger partial charge in [0, 0.05) is 22.3 Å². The number of carbonyl (C=O) groups excluding carboxylic acids is 2. The number of rotatable bonds is 7. The van der Waals surface area contributed by atoms with Gasteiger partial charge in [-0.1, -0.05) is 103 Å². The van der Waals surface area contributed by atoms with Crippen molar-refractivity contribution < 1.29 is 23.6 Å². The van der Waals surface area contributed by atoms with Crippen LogP contribution in [-0.4, -0.2) is 25.5 Å². The molecule has 5 nitrogen and oxygen atoms in total. The predicted octanol–water partition coefficient (Wildman–Crippen LogP) is 8.12. The molecule has 0 N–H and O–H groups in total. The van der Waals surface area contributed by atoms with E-state index in [0.717, 1.165) is 11.1 Å². The molecule has 1 atom stereocenters. The molecule has 6 heteroatoms. The molecule has 0 radical (unpaired) electrons. The first-order valence-corrected chi connectivity index (χ1v) is 14.8. The molecular formula is C34H42O5P+. The maximum absolute atomic E-state index is 14.7.